The number of anilines is 1. The molecule has 0 amide bonds. The van der Waals surface area contributed by atoms with E-state index < -0.39 is 0 Å². The van der Waals surface area contributed by atoms with Gasteiger partial charge in [-0.1, -0.05) is 43.8 Å². The summed E-state index contributed by atoms with van der Waals surface area (Å²) in [7, 11) is 0. The zero-order chi connectivity index (χ0) is 13.1. The molecule has 0 spiro atoms. The molecule has 0 radical (unpaired) electrons. The van der Waals surface area contributed by atoms with Gasteiger partial charge in [0.2, 0.25) is 0 Å². The second-order valence-electron chi connectivity index (χ2n) is 5.08. The molecule has 1 aliphatic rings. The molecular weight excluding hydrogens is 262 g/mol. The number of hydrogen-bond acceptors (Lipinski definition) is 4. The third-order valence-electron chi connectivity index (χ3n) is 3.32. The summed E-state index contributed by atoms with van der Waals surface area (Å²) in [5, 5.41) is 1.10. The van der Waals surface area contributed by atoms with Crippen LogP contribution in [0.3, 0.4) is 0 Å². The lowest BCUT2D eigenvalue weighted by atomic mass is 10.0. The molecule has 1 aromatic heterocycles. The summed E-state index contributed by atoms with van der Waals surface area (Å²) in [5.74, 6) is 0.755. The van der Waals surface area contributed by atoms with Crippen molar-refractivity contribution in [2.45, 2.75) is 39.5 Å². The highest BCUT2D eigenvalue weighted by atomic mass is 32.1. The molecule has 1 unspecified atom stereocenters. The normalized spacial score (nSPS) is 20.1. The van der Waals surface area contributed by atoms with Gasteiger partial charge in [0.05, 0.1) is 10.6 Å². The quantitative estimate of drug-likeness (QED) is 0.863. The molecule has 1 atom stereocenters. The van der Waals surface area contributed by atoms with Crippen LogP contribution in [-0.4, -0.2) is 23.1 Å². The van der Waals surface area contributed by atoms with E-state index >= 15 is 0 Å². The van der Waals surface area contributed by atoms with Crippen LogP contribution in [0.5, 0.6) is 0 Å². The van der Waals surface area contributed by atoms with E-state index in [2.05, 4.69) is 18.7 Å². The molecule has 18 heavy (non-hydrogen) atoms. The standard InChI is InChI=1S/C13H21N3S2/c1-3-5-10-11(12(14)17)18-13(15-10)16-7-4-6-9(2)8-16/h9H,3-8H2,1-2H3,(H2,14,17). The van der Waals surface area contributed by atoms with E-state index in [9.17, 15) is 0 Å². The molecule has 1 aromatic rings. The highest BCUT2D eigenvalue weighted by Gasteiger charge is 2.21. The molecule has 0 bridgehead atoms. The molecule has 0 aliphatic carbocycles. The molecule has 1 fully saturated rings. The van der Waals surface area contributed by atoms with Crippen molar-refractivity contribution >= 4 is 33.7 Å². The van der Waals surface area contributed by atoms with E-state index in [-0.39, 0.29) is 0 Å². The van der Waals surface area contributed by atoms with Crippen LogP contribution in [0.2, 0.25) is 0 Å². The minimum atomic E-state index is 0.493. The molecule has 5 heteroatoms. The molecule has 2 heterocycles. The Balaban J connectivity index is 2.22. The third kappa shape index (κ3) is 3.01. The van der Waals surface area contributed by atoms with Gasteiger partial charge in [0, 0.05) is 13.1 Å². The summed E-state index contributed by atoms with van der Waals surface area (Å²) >= 11 is 6.80. The maximum atomic E-state index is 5.80. The molecule has 100 valence electrons. The lowest BCUT2D eigenvalue weighted by Gasteiger charge is -2.30. The summed E-state index contributed by atoms with van der Waals surface area (Å²) in [6.45, 7) is 6.68. The van der Waals surface area contributed by atoms with Crippen molar-refractivity contribution in [3.8, 4) is 0 Å². The summed E-state index contributed by atoms with van der Waals surface area (Å²) in [4.78, 5) is 8.65. The first-order valence-corrected chi connectivity index (χ1v) is 7.88. The smallest absolute Gasteiger partial charge is 0.186 e. The van der Waals surface area contributed by atoms with Crippen molar-refractivity contribution in [3.63, 3.8) is 0 Å². The number of thiocarbonyl (C=S) groups is 1. The minimum absolute atomic E-state index is 0.493. The van der Waals surface area contributed by atoms with Crippen LogP contribution in [0, 0.1) is 5.92 Å². The van der Waals surface area contributed by atoms with E-state index in [1.54, 1.807) is 11.3 Å². The summed E-state index contributed by atoms with van der Waals surface area (Å²) in [6, 6.07) is 0. The van der Waals surface area contributed by atoms with Crippen LogP contribution in [0.25, 0.3) is 0 Å². The van der Waals surface area contributed by atoms with Gasteiger partial charge in [-0.3, -0.25) is 0 Å². The molecule has 3 nitrogen and oxygen atoms in total. The van der Waals surface area contributed by atoms with Crippen molar-refractivity contribution in [1.82, 2.24) is 4.98 Å². The number of nitrogens with two attached hydrogens (primary N) is 1. The van der Waals surface area contributed by atoms with Crippen LogP contribution in [0.15, 0.2) is 0 Å². The van der Waals surface area contributed by atoms with Gasteiger partial charge >= 0.3 is 0 Å². The van der Waals surface area contributed by atoms with Crippen molar-refractivity contribution in [2.75, 3.05) is 18.0 Å². The Labute approximate surface area is 118 Å². The molecular formula is C13H21N3S2. The lowest BCUT2D eigenvalue weighted by molar-refractivity contribution is 0.446. The van der Waals surface area contributed by atoms with E-state index in [0.29, 0.717) is 4.99 Å². The van der Waals surface area contributed by atoms with Gasteiger partial charge in [0.15, 0.2) is 5.13 Å². The van der Waals surface area contributed by atoms with E-state index in [0.717, 1.165) is 47.6 Å². The number of thiazole rings is 1. The summed E-state index contributed by atoms with van der Waals surface area (Å²) in [6.07, 6.45) is 4.62. The Morgan fingerprint density at radius 3 is 3.00 bits per heavy atom. The van der Waals surface area contributed by atoms with Gasteiger partial charge in [-0.2, -0.15) is 0 Å². The van der Waals surface area contributed by atoms with Crippen molar-refractivity contribution in [2.24, 2.45) is 11.7 Å². The van der Waals surface area contributed by atoms with E-state index in [1.807, 2.05) is 0 Å². The first kappa shape index (κ1) is 13.7. The number of rotatable bonds is 4. The molecule has 0 saturated carbocycles. The fourth-order valence-corrected chi connectivity index (χ4v) is 3.68. The highest BCUT2D eigenvalue weighted by molar-refractivity contribution is 7.81. The number of aromatic nitrogens is 1. The van der Waals surface area contributed by atoms with Crippen LogP contribution >= 0.6 is 23.6 Å². The number of hydrogen-bond donors (Lipinski definition) is 1. The van der Waals surface area contributed by atoms with E-state index in [1.165, 1.54) is 12.8 Å². The largest absolute Gasteiger partial charge is 0.389 e. The second-order valence-corrected chi connectivity index (χ2v) is 6.50. The van der Waals surface area contributed by atoms with Gasteiger partial charge in [-0.15, -0.1) is 0 Å². The van der Waals surface area contributed by atoms with E-state index in [4.69, 9.17) is 22.9 Å². The zero-order valence-corrected chi connectivity index (χ0v) is 12.7. The summed E-state index contributed by atoms with van der Waals surface area (Å²) < 4.78 is 0. The van der Waals surface area contributed by atoms with Crippen molar-refractivity contribution < 1.29 is 0 Å². The number of piperidine rings is 1. The van der Waals surface area contributed by atoms with Crippen LogP contribution in [0.1, 0.15) is 43.7 Å². The van der Waals surface area contributed by atoms with Gasteiger partial charge in [-0.25, -0.2) is 4.98 Å². The molecule has 2 rings (SSSR count). The van der Waals surface area contributed by atoms with Gasteiger partial charge in [0.1, 0.15) is 4.99 Å². The van der Waals surface area contributed by atoms with Crippen LogP contribution in [-0.2, 0) is 6.42 Å². The predicted molar refractivity (Wildman–Crippen MR) is 82.6 cm³/mol. The van der Waals surface area contributed by atoms with Crippen LogP contribution < -0.4 is 10.6 Å². The minimum Gasteiger partial charge on any atom is -0.389 e. The topological polar surface area (TPSA) is 42.2 Å². The number of nitrogens with zero attached hydrogens (tertiary/aromatic N) is 2. The zero-order valence-electron chi connectivity index (χ0n) is 11.1. The first-order chi connectivity index (χ1) is 8.61. The van der Waals surface area contributed by atoms with Gasteiger partial charge < -0.3 is 10.6 Å². The molecule has 1 saturated heterocycles. The average Bonchev–Trinajstić information content (AvgIpc) is 2.74. The Hall–Kier alpha value is -0.680. The third-order valence-corrected chi connectivity index (χ3v) is 4.85. The van der Waals surface area contributed by atoms with Crippen LogP contribution in [0.4, 0.5) is 5.13 Å². The summed E-state index contributed by atoms with van der Waals surface area (Å²) in [5.41, 5.74) is 6.88. The predicted octanol–water partition coefficient (Wildman–Crippen LogP) is 2.97. The Bertz CT molecular complexity index is 428. The van der Waals surface area contributed by atoms with Crippen molar-refractivity contribution in [1.29, 1.82) is 0 Å². The molecule has 2 N–H and O–H groups in total. The fourth-order valence-electron chi connectivity index (χ4n) is 2.44. The maximum Gasteiger partial charge on any atom is 0.186 e. The van der Waals surface area contributed by atoms with Gasteiger partial charge in [-0.05, 0) is 25.2 Å². The Kier molecular flexibility index (Phi) is 4.56. The van der Waals surface area contributed by atoms with Crippen molar-refractivity contribution in [3.05, 3.63) is 10.6 Å². The monoisotopic (exact) mass is 283 g/mol. The first-order valence-electron chi connectivity index (χ1n) is 6.66. The maximum absolute atomic E-state index is 5.80. The average molecular weight is 283 g/mol. The highest BCUT2D eigenvalue weighted by Crippen LogP contribution is 2.30. The van der Waals surface area contributed by atoms with Gasteiger partial charge in [0.25, 0.3) is 0 Å². The number of aryl methyl sites for hydroxylation is 1. The molecule has 0 aromatic carbocycles. The Morgan fingerprint density at radius 1 is 1.61 bits per heavy atom. The molecule has 1 aliphatic heterocycles. The Morgan fingerprint density at radius 2 is 2.39 bits per heavy atom. The SMILES string of the molecule is CCCc1nc(N2CCCC(C)C2)sc1C(N)=S. The lowest BCUT2D eigenvalue weighted by Crippen LogP contribution is -2.34. The second kappa shape index (κ2) is 5.97. The fraction of sp³-hybridized carbons (Fsp3) is 0.692.